The fraction of sp³-hybridized carbons (Fsp3) is 0.350. The summed E-state index contributed by atoms with van der Waals surface area (Å²) < 4.78 is 43.9. The second kappa shape index (κ2) is 9.73. The lowest BCUT2D eigenvalue weighted by molar-refractivity contribution is -0.139. The Morgan fingerprint density at radius 1 is 1.21 bits per heavy atom. The summed E-state index contributed by atoms with van der Waals surface area (Å²) in [6, 6.07) is 10.8. The molecule has 0 heterocycles. The standard InChI is InChI=1S/C20H22F3NO3S/c1-3-24(16-6-4-5-15(12-16)20(21,22)23)9-10-28-17-7-8-18(14(2)11-17)27-13-19(25)26/h4-8,11-12H,3,9-10,13H2,1-2H3,(H,25,26). The highest BCUT2D eigenvalue weighted by atomic mass is 32.2. The van der Waals surface area contributed by atoms with E-state index in [1.165, 1.54) is 12.1 Å². The van der Waals surface area contributed by atoms with Gasteiger partial charge >= 0.3 is 12.1 Å². The number of carboxylic acid groups (broad SMARTS) is 1. The first-order valence-electron chi connectivity index (χ1n) is 8.71. The van der Waals surface area contributed by atoms with Crippen LogP contribution in [0.5, 0.6) is 5.75 Å². The molecule has 2 aromatic carbocycles. The van der Waals surface area contributed by atoms with Gasteiger partial charge in [-0.15, -0.1) is 11.8 Å². The summed E-state index contributed by atoms with van der Waals surface area (Å²) in [6.45, 7) is 4.54. The van der Waals surface area contributed by atoms with Crippen molar-refractivity contribution >= 4 is 23.4 Å². The molecular formula is C20H22F3NO3S. The Labute approximate surface area is 166 Å². The highest BCUT2D eigenvalue weighted by Gasteiger charge is 2.30. The Morgan fingerprint density at radius 2 is 1.96 bits per heavy atom. The number of hydrogen-bond donors (Lipinski definition) is 1. The Bertz CT molecular complexity index is 812. The molecule has 0 radical (unpaired) electrons. The average molecular weight is 413 g/mol. The third-order valence-electron chi connectivity index (χ3n) is 4.05. The number of anilines is 1. The fourth-order valence-corrected chi connectivity index (χ4v) is 3.61. The zero-order valence-corrected chi connectivity index (χ0v) is 16.4. The molecule has 8 heteroatoms. The van der Waals surface area contributed by atoms with E-state index in [1.807, 2.05) is 30.9 Å². The molecule has 0 aliphatic heterocycles. The van der Waals surface area contributed by atoms with Gasteiger partial charge in [0.25, 0.3) is 0 Å². The Hall–Kier alpha value is -2.35. The van der Waals surface area contributed by atoms with Crippen LogP contribution in [-0.2, 0) is 11.0 Å². The highest BCUT2D eigenvalue weighted by molar-refractivity contribution is 7.99. The van der Waals surface area contributed by atoms with Crippen molar-refractivity contribution in [1.82, 2.24) is 0 Å². The molecule has 0 unspecified atom stereocenters. The minimum atomic E-state index is -4.36. The molecule has 0 aliphatic carbocycles. The van der Waals surface area contributed by atoms with Gasteiger partial charge in [-0.3, -0.25) is 0 Å². The van der Waals surface area contributed by atoms with Crippen molar-refractivity contribution in [3.05, 3.63) is 53.6 Å². The molecule has 4 nitrogen and oxygen atoms in total. The lowest BCUT2D eigenvalue weighted by Crippen LogP contribution is -2.25. The maximum atomic E-state index is 12.9. The summed E-state index contributed by atoms with van der Waals surface area (Å²) in [7, 11) is 0. The predicted molar refractivity (Wildman–Crippen MR) is 104 cm³/mol. The van der Waals surface area contributed by atoms with Gasteiger partial charge in [-0.05, 0) is 55.8 Å². The molecule has 1 N–H and O–H groups in total. The van der Waals surface area contributed by atoms with Gasteiger partial charge in [-0.1, -0.05) is 6.07 Å². The van der Waals surface area contributed by atoms with E-state index >= 15 is 0 Å². The molecule has 2 rings (SSSR count). The van der Waals surface area contributed by atoms with Crippen molar-refractivity contribution in [2.75, 3.05) is 30.3 Å². The van der Waals surface area contributed by atoms with Crippen LogP contribution in [0, 0.1) is 6.92 Å². The number of aliphatic carboxylic acids is 1. The number of thioether (sulfide) groups is 1. The summed E-state index contributed by atoms with van der Waals surface area (Å²) in [5.74, 6) is 0.178. The van der Waals surface area contributed by atoms with E-state index in [0.717, 1.165) is 16.5 Å². The van der Waals surface area contributed by atoms with Crippen LogP contribution in [0.4, 0.5) is 18.9 Å². The van der Waals surface area contributed by atoms with Crippen LogP contribution in [0.1, 0.15) is 18.1 Å². The Kier molecular flexibility index (Phi) is 7.62. The smallest absolute Gasteiger partial charge is 0.416 e. The first-order chi connectivity index (χ1) is 13.2. The van der Waals surface area contributed by atoms with E-state index in [4.69, 9.17) is 9.84 Å². The van der Waals surface area contributed by atoms with E-state index in [-0.39, 0.29) is 0 Å². The van der Waals surface area contributed by atoms with Crippen LogP contribution < -0.4 is 9.64 Å². The first-order valence-corrected chi connectivity index (χ1v) is 9.69. The highest BCUT2D eigenvalue weighted by Crippen LogP contribution is 2.32. The summed E-state index contributed by atoms with van der Waals surface area (Å²) in [5.41, 5.74) is 0.728. The quantitative estimate of drug-likeness (QED) is 0.580. The number of aryl methyl sites for hydroxylation is 1. The topological polar surface area (TPSA) is 49.8 Å². The number of hydrogen-bond acceptors (Lipinski definition) is 4. The second-order valence-corrected chi connectivity index (χ2v) is 7.25. The van der Waals surface area contributed by atoms with Crippen molar-refractivity contribution < 1.29 is 27.8 Å². The molecule has 152 valence electrons. The van der Waals surface area contributed by atoms with Crippen molar-refractivity contribution in [3.63, 3.8) is 0 Å². The van der Waals surface area contributed by atoms with Gasteiger partial charge in [-0.25, -0.2) is 4.79 Å². The van der Waals surface area contributed by atoms with Crippen LogP contribution in [0.2, 0.25) is 0 Å². The predicted octanol–water partition coefficient (Wildman–Crippen LogP) is 5.10. The molecule has 0 aliphatic rings. The third kappa shape index (κ3) is 6.37. The lowest BCUT2D eigenvalue weighted by atomic mass is 10.2. The van der Waals surface area contributed by atoms with Gasteiger partial charge in [0.05, 0.1) is 5.56 Å². The van der Waals surface area contributed by atoms with E-state index in [0.29, 0.717) is 30.3 Å². The van der Waals surface area contributed by atoms with Gasteiger partial charge in [0.2, 0.25) is 0 Å². The number of benzene rings is 2. The van der Waals surface area contributed by atoms with Crippen LogP contribution >= 0.6 is 11.8 Å². The Balaban J connectivity index is 1.96. The number of alkyl halides is 3. The minimum absolute atomic E-state index is 0.393. The molecule has 28 heavy (non-hydrogen) atoms. The minimum Gasteiger partial charge on any atom is -0.482 e. The van der Waals surface area contributed by atoms with Crippen molar-refractivity contribution in [2.24, 2.45) is 0 Å². The molecule has 0 aromatic heterocycles. The molecule has 0 atom stereocenters. The molecule has 0 saturated carbocycles. The summed E-state index contributed by atoms with van der Waals surface area (Å²) in [5, 5.41) is 8.67. The fourth-order valence-electron chi connectivity index (χ4n) is 2.64. The first kappa shape index (κ1) is 21.9. The summed E-state index contributed by atoms with van der Waals surface area (Å²) in [4.78, 5) is 13.5. The third-order valence-corrected chi connectivity index (χ3v) is 5.02. The van der Waals surface area contributed by atoms with E-state index < -0.39 is 24.3 Å². The van der Waals surface area contributed by atoms with Crippen LogP contribution in [0.15, 0.2) is 47.4 Å². The van der Waals surface area contributed by atoms with E-state index in [9.17, 15) is 18.0 Å². The van der Waals surface area contributed by atoms with Gasteiger partial charge < -0.3 is 14.7 Å². The number of ether oxygens (including phenoxy) is 1. The number of halogens is 3. The lowest BCUT2D eigenvalue weighted by Gasteiger charge is -2.24. The SMILES string of the molecule is CCN(CCSc1ccc(OCC(=O)O)c(C)c1)c1cccc(C(F)(F)F)c1. The van der Waals surface area contributed by atoms with Gasteiger partial charge in [-0.2, -0.15) is 13.2 Å². The summed E-state index contributed by atoms with van der Waals surface area (Å²) in [6.07, 6.45) is -4.36. The van der Waals surface area contributed by atoms with Crippen molar-refractivity contribution in [2.45, 2.75) is 24.9 Å². The second-order valence-electron chi connectivity index (χ2n) is 6.09. The van der Waals surface area contributed by atoms with Crippen LogP contribution in [0.25, 0.3) is 0 Å². The molecule has 0 fully saturated rings. The van der Waals surface area contributed by atoms with Crippen molar-refractivity contribution in [1.29, 1.82) is 0 Å². The monoisotopic (exact) mass is 413 g/mol. The van der Waals surface area contributed by atoms with E-state index in [1.54, 1.807) is 23.9 Å². The number of carbonyl (C=O) groups is 1. The van der Waals surface area contributed by atoms with Crippen LogP contribution in [-0.4, -0.2) is 36.5 Å². The zero-order valence-electron chi connectivity index (χ0n) is 15.6. The van der Waals surface area contributed by atoms with Gasteiger partial charge in [0, 0.05) is 29.4 Å². The molecule has 0 saturated heterocycles. The number of carboxylic acids is 1. The average Bonchev–Trinajstić information content (AvgIpc) is 2.64. The number of nitrogens with zero attached hydrogens (tertiary/aromatic N) is 1. The molecule has 0 bridgehead atoms. The molecule has 0 amide bonds. The van der Waals surface area contributed by atoms with Crippen molar-refractivity contribution in [3.8, 4) is 5.75 Å². The van der Waals surface area contributed by atoms with E-state index in [2.05, 4.69) is 0 Å². The maximum absolute atomic E-state index is 12.9. The normalized spacial score (nSPS) is 11.3. The Morgan fingerprint density at radius 3 is 2.57 bits per heavy atom. The zero-order chi connectivity index (χ0) is 20.7. The van der Waals surface area contributed by atoms with Gasteiger partial charge in [0.1, 0.15) is 5.75 Å². The molecule has 0 spiro atoms. The number of rotatable bonds is 9. The summed E-state index contributed by atoms with van der Waals surface area (Å²) >= 11 is 1.58. The van der Waals surface area contributed by atoms with Crippen LogP contribution in [0.3, 0.4) is 0 Å². The maximum Gasteiger partial charge on any atom is 0.416 e. The largest absolute Gasteiger partial charge is 0.482 e. The molecule has 2 aromatic rings. The molecular weight excluding hydrogens is 391 g/mol. The van der Waals surface area contributed by atoms with Gasteiger partial charge in [0.15, 0.2) is 6.61 Å².